The number of pyridine rings is 1. The van der Waals surface area contributed by atoms with Gasteiger partial charge in [0.05, 0.1) is 13.2 Å². The van der Waals surface area contributed by atoms with Crippen LogP contribution in [0.15, 0.2) is 53.7 Å². The van der Waals surface area contributed by atoms with E-state index in [1.807, 2.05) is 24.3 Å². The molecule has 0 radical (unpaired) electrons. The third-order valence-corrected chi connectivity index (χ3v) is 6.04. The second-order valence-corrected chi connectivity index (χ2v) is 8.29. The fourth-order valence-electron chi connectivity index (χ4n) is 2.80. The van der Waals surface area contributed by atoms with Crippen molar-refractivity contribution in [2.75, 3.05) is 26.7 Å². The SMILES string of the molecule is CN(CC(=O)NCC1COc2ccccc2C1)S(=O)(=O)c1cccnc1. The molecule has 0 saturated heterocycles. The number of para-hydroxylation sites is 1. The van der Waals surface area contributed by atoms with Crippen molar-refractivity contribution in [1.82, 2.24) is 14.6 Å². The van der Waals surface area contributed by atoms with E-state index in [1.165, 1.54) is 25.5 Å². The summed E-state index contributed by atoms with van der Waals surface area (Å²) in [5.74, 6) is 0.699. The number of aromatic nitrogens is 1. The second kappa shape index (κ2) is 7.84. The van der Waals surface area contributed by atoms with Crippen molar-refractivity contribution in [1.29, 1.82) is 0 Å². The highest BCUT2D eigenvalue weighted by molar-refractivity contribution is 7.89. The number of nitrogens with one attached hydrogen (secondary N) is 1. The molecular formula is C18H21N3O4S. The van der Waals surface area contributed by atoms with Crippen LogP contribution in [0.5, 0.6) is 5.75 Å². The van der Waals surface area contributed by atoms with Crippen LogP contribution in [0.3, 0.4) is 0 Å². The number of sulfonamides is 1. The van der Waals surface area contributed by atoms with Crippen molar-refractivity contribution in [2.24, 2.45) is 5.92 Å². The van der Waals surface area contributed by atoms with Crippen LogP contribution < -0.4 is 10.1 Å². The van der Waals surface area contributed by atoms with E-state index >= 15 is 0 Å². The number of hydrogen-bond acceptors (Lipinski definition) is 5. The van der Waals surface area contributed by atoms with Gasteiger partial charge in [-0.2, -0.15) is 4.31 Å². The quantitative estimate of drug-likeness (QED) is 0.816. The molecule has 1 aromatic carbocycles. The molecule has 2 aromatic rings. The second-order valence-electron chi connectivity index (χ2n) is 6.24. The third-order valence-electron chi connectivity index (χ3n) is 4.25. The number of likely N-dealkylation sites (N-methyl/N-ethyl adjacent to an activating group) is 1. The molecule has 1 aromatic heterocycles. The zero-order valence-electron chi connectivity index (χ0n) is 14.5. The van der Waals surface area contributed by atoms with Crippen molar-refractivity contribution < 1.29 is 17.9 Å². The maximum absolute atomic E-state index is 12.4. The summed E-state index contributed by atoms with van der Waals surface area (Å²) in [4.78, 5) is 16.0. The molecule has 0 spiro atoms. The smallest absolute Gasteiger partial charge is 0.244 e. The van der Waals surface area contributed by atoms with Gasteiger partial charge in [0.25, 0.3) is 0 Å². The molecule has 1 aliphatic rings. The number of amides is 1. The van der Waals surface area contributed by atoms with Crippen molar-refractivity contribution in [3.63, 3.8) is 0 Å². The van der Waals surface area contributed by atoms with Crippen molar-refractivity contribution in [2.45, 2.75) is 11.3 Å². The normalized spacial score (nSPS) is 16.6. The highest BCUT2D eigenvalue weighted by Gasteiger charge is 2.24. The van der Waals surface area contributed by atoms with Gasteiger partial charge in [0, 0.05) is 31.9 Å². The molecule has 0 fully saturated rings. The first kappa shape index (κ1) is 18.3. The van der Waals surface area contributed by atoms with Gasteiger partial charge in [-0.1, -0.05) is 18.2 Å². The lowest BCUT2D eigenvalue weighted by Gasteiger charge is -2.25. The van der Waals surface area contributed by atoms with Crippen LogP contribution in [-0.4, -0.2) is 50.4 Å². The molecule has 8 heteroatoms. The Hall–Kier alpha value is -2.45. The van der Waals surface area contributed by atoms with Gasteiger partial charge in [-0.05, 0) is 30.2 Å². The minimum absolute atomic E-state index is 0.0626. The van der Waals surface area contributed by atoms with Gasteiger partial charge in [0.2, 0.25) is 15.9 Å². The van der Waals surface area contributed by atoms with E-state index in [0.717, 1.165) is 22.0 Å². The van der Waals surface area contributed by atoms with Gasteiger partial charge >= 0.3 is 0 Å². The molecule has 1 unspecified atom stereocenters. The van der Waals surface area contributed by atoms with E-state index in [1.54, 1.807) is 6.07 Å². The highest BCUT2D eigenvalue weighted by Crippen LogP contribution is 2.26. The number of nitrogens with zero attached hydrogens (tertiary/aromatic N) is 2. The van der Waals surface area contributed by atoms with Crippen LogP contribution in [-0.2, 0) is 21.2 Å². The lowest BCUT2D eigenvalue weighted by Crippen LogP contribution is -2.41. The number of benzene rings is 1. The summed E-state index contributed by atoms with van der Waals surface area (Å²) in [6, 6.07) is 10.8. The number of carbonyl (C=O) groups excluding carboxylic acids is 1. The Bertz CT molecular complexity index is 871. The maximum Gasteiger partial charge on any atom is 0.244 e. The molecule has 26 heavy (non-hydrogen) atoms. The summed E-state index contributed by atoms with van der Waals surface area (Å²) in [5, 5.41) is 2.80. The Balaban J connectivity index is 1.52. The summed E-state index contributed by atoms with van der Waals surface area (Å²) in [6.07, 6.45) is 3.58. The Morgan fingerprint density at radius 2 is 2.12 bits per heavy atom. The van der Waals surface area contributed by atoms with Gasteiger partial charge in [-0.3, -0.25) is 9.78 Å². The first-order valence-electron chi connectivity index (χ1n) is 8.30. The summed E-state index contributed by atoms with van der Waals surface area (Å²) in [7, 11) is -2.36. The highest BCUT2D eigenvalue weighted by atomic mass is 32.2. The molecule has 0 aliphatic carbocycles. The summed E-state index contributed by atoms with van der Waals surface area (Å²) in [5.41, 5.74) is 1.12. The lowest BCUT2D eigenvalue weighted by molar-refractivity contribution is -0.121. The Morgan fingerprint density at radius 3 is 2.88 bits per heavy atom. The van der Waals surface area contributed by atoms with Crippen LogP contribution in [0.2, 0.25) is 0 Å². The van der Waals surface area contributed by atoms with E-state index in [4.69, 9.17) is 4.74 Å². The minimum Gasteiger partial charge on any atom is -0.493 e. The first-order chi connectivity index (χ1) is 12.5. The lowest BCUT2D eigenvalue weighted by atomic mass is 9.97. The zero-order valence-corrected chi connectivity index (χ0v) is 15.3. The molecule has 1 amide bonds. The predicted octanol–water partition coefficient (Wildman–Crippen LogP) is 1.07. The van der Waals surface area contributed by atoms with E-state index in [0.29, 0.717) is 13.2 Å². The summed E-state index contributed by atoms with van der Waals surface area (Å²) < 4.78 is 31.5. The van der Waals surface area contributed by atoms with Crippen LogP contribution in [0.25, 0.3) is 0 Å². The Morgan fingerprint density at radius 1 is 1.31 bits per heavy atom. The standard InChI is InChI=1S/C18H21N3O4S/c1-21(26(23,24)16-6-4-8-19-11-16)12-18(22)20-10-14-9-15-5-2-3-7-17(15)25-13-14/h2-8,11,14H,9-10,12-13H2,1H3,(H,20,22). The molecule has 2 heterocycles. The summed E-state index contributed by atoms with van der Waals surface area (Å²) in [6.45, 7) is 0.719. The third kappa shape index (κ3) is 4.20. The molecule has 0 bridgehead atoms. The summed E-state index contributed by atoms with van der Waals surface area (Å²) >= 11 is 0. The van der Waals surface area contributed by atoms with Crippen molar-refractivity contribution >= 4 is 15.9 Å². The molecular weight excluding hydrogens is 354 g/mol. The molecule has 1 atom stereocenters. The largest absolute Gasteiger partial charge is 0.493 e. The van der Waals surface area contributed by atoms with Crippen molar-refractivity contribution in [3.8, 4) is 5.75 Å². The van der Waals surface area contributed by atoms with Crippen LogP contribution in [0.4, 0.5) is 0 Å². The fourth-order valence-corrected chi connectivity index (χ4v) is 3.89. The number of carbonyl (C=O) groups is 1. The average Bonchev–Trinajstić information content (AvgIpc) is 2.67. The van der Waals surface area contributed by atoms with E-state index in [2.05, 4.69) is 10.3 Å². The van der Waals surface area contributed by atoms with E-state index < -0.39 is 10.0 Å². The number of rotatable bonds is 6. The number of hydrogen-bond donors (Lipinski definition) is 1. The zero-order chi connectivity index (χ0) is 18.6. The topological polar surface area (TPSA) is 88.6 Å². The van der Waals surface area contributed by atoms with Gasteiger partial charge in [0.15, 0.2) is 0 Å². The van der Waals surface area contributed by atoms with Crippen LogP contribution >= 0.6 is 0 Å². The van der Waals surface area contributed by atoms with Crippen LogP contribution in [0.1, 0.15) is 5.56 Å². The minimum atomic E-state index is -3.73. The fraction of sp³-hybridized carbons (Fsp3) is 0.333. The maximum atomic E-state index is 12.4. The van der Waals surface area contributed by atoms with Crippen LogP contribution in [0, 0.1) is 5.92 Å². The molecule has 1 aliphatic heterocycles. The van der Waals surface area contributed by atoms with E-state index in [-0.39, 0.29) is 23.3 Å². The Labute approximate surface area is 153 Å². The number of ether oxygens (including phenoxy) is 1. The average molecular weight is 375 g/mol. The van der Waals surface area contributed by atoms with E-state index in [9.17, 15) is 13.2 Å². The monoisotopic (exact) mass is 375 g/mol. The van der Waals surface area contributed by atoms with Crippen molar-refractivity contribution in [3.05, 3.63) is 54.4 Å². The molecule has 0 saturated carbocycles. The van der Waals surface area contributed by atoms with Gasteiger partial charge in [-0.25, -0.2) is 8.42 Å². The van der Waals surface area contributed by atoms with Gasteiger partial charge in [0.1, 0.15) is 10.6 Å². The molecule has 1 N–H and O–H groups in total. The predicted molar refractivity (Wildman–Crippen MR) is 96.2 cm³/mol. The molecule has 138 valence electrons. The molecule has 3 rings (SSSR count). The van der Waals surface area contributed by atoms with Gasteiger partial charge < -0.3 is 10.1 Å². The van der Waals surface area contributed by atoms with Gasteiger partial charge in [-0.15, -0.1) is 0 Å². The first-order valence-corrected chi connectivity index (χ1v) is 9.74. The molecule has 7 nitrogen and oxygen atoms in total. The Kier molecular flexibility index (Phi) is 5.53. The number of fused-ring (bicyclic) bond motifs is 1.